The average Bonchev–Trinajstić information content (AvgIpc) is 2.37. The minimum absolute atomic E-state index is 0.128. The number of nitrogens with two attached hydrogens (primary N) is 1. The molecule has 1 aliphatic rings. The Labute approximate surface area is 114 Å². The van der Waals surface area contributed by atoms with Crippen LogP contribution in [0.25, 0.3) is 0 Å². The molecule has 104 valence electrons. The molecule has 2 N–H and O–H groups in total. The van der Waals surface area contributed by atoms with E-state index in [2.05, 4.69) is 9.88 Å². The summed E-state index contributed by atoms with van der Waals surface area (Å²) in [6.45, 7) is 7.92. The summed E-state index contributed by atoms with van der Waals surface area (Å²) in [4.78, 5) is 20.7. The number of hydrogen-bond acceptors (Lipinski definition) is 4. The smallest absolute Gasteiger partial charge is 0.247 e. The highest BCUT2D eigenvalue weighted by atomic mass is 16.2. The van der Waals surface area contributed by atoms with Gasteiger partial charge in [0.1, 0.15) is 11.4 Å². The molecule has 2 heterocycles. The first-order valence-corrected chi connectivity index (χ1v) is 6.56. The standard InChI is InChI=1S/C14H22N4O/c1-10-7-11(8-15)9-16-12(10)18-6-5-17(4)13(19)14(18,2)3/h7,9H,5-6,8,15H2,1-4H3. The highest BCUT2D eigenvalue weighted by Crippen LogP contribution is 2.29. The normalized spacial score (nSPS) is 18.9. The van der Waals surface area contributed by atoms with Crippen LogP contribution in [0.3, 0.4) is 0 Å². The Kier molecular flexibility index (Phi) is 3.49. The summed E-state index contributed by atoms with van der Waals surface area (Å²) in [5.74, 6) is 1.01. The molecule has 5 nitrogen and oxygen atoms in total. The van der Waals surface area contributed by atoms with Crippen molar-refractivity contribution in [1.82, 2.24) is 9.88 Å². The number of carbonyl (C=O) groups excluding carboxylic acids is 1. The molecule has 5 heteroatoms. The first-order chi connectivity index (χ1) is 8.87. The van der Waals surface area contributed by atoms with Crippen LogP contribution in [-0.4, -0.2) is 41.5 Å². The van der Waals surface area contributed by atoms with Gasteiger partial charge in [-0.1, -0.05) is 0 Å². The molecule has 1 fully saturated rings. The van der Waals surface area contributed by atoms with Crippen molar-refractivity contribution >= 4 is 11.7 Å². The molecule has 1 amide bonds. The number of hydrogen-bond donors (Lipinski definition) is 1. The Morgan fingerprint density at radius 1 is 1.42 bits per heavy atom. The van der Waals surface area contributed by atoms with Gasteiger partial charge in [0.15, 0.2) is 0 Å². The lowest BCUT2D eigenvalue weighted by atomic mass is 9.97. The number of aryl methyl sites for hydroxylation is 1. The summed E-state index contributed by atoms with van der Waals surface area (Å²) in [5, 5.41) is 0. The van der Waals surface area contributed by atoms with Crippen molar-refractivity contribution in [3.05, 3.63) is 23.4 Å². The van der Waals surface area contributed by atoms with E-state index in [9.17, 15) is 4.79 Å². The summed E-state index contributed by atoms with van der Waals surface area (Å²) in [6.07, 6.45) is 1.79. The first-order valence-electron chi connectivity index (χ1n) is 6.56. The number of rotatable bonds is 2. The second-order valence-corrected chi connectivity index (χ2v) is 5.63. The predicted octanol–water partition coefficient (Wildman–Crippen LogP) is 0.906. The quantitative estimate of drug-likeness (QED) is 0.860. The number of aromatic nitrogens is 1. The van der Waals surface area contributed by atoms with Crippen molar-refractivity contribution in [2.24, 2.45) is 5.73 Å². The molecule has 1 aromatic rings. The third-order valence-electron chi connectivity index (χ3n) is 3.80. The van der Waals surface area contributed by atoms with Gasteiger partial charge in [-0.25, -0.2) is 4.98 Å². The van der Waals surface area contributed by atoms with Gasteiger partial charge < -0.3 is 15.5 Å². The largest absolute Gasteiger partial charge is 0.342 e. The van der Waals surface area contributed by atoms with Crippen molar-refractivity contribution in [2.45, 2.75) is 32.9 Å². The number of likely N-dealkylation sites (N-methyl/N-ethyl adjacent to an activating group) is 1. The van der Waals surface area contributed by atoms with Crippen LogP contribution in [0.15, 0.2) is 12.3 Å². The third-order valence-corrected chi connectivity index (χ3v) is 3.80. The molecule has 19 heavy (non-hydrogen) atoms. The van der Waals surface area contributed by atoms with E-state index < -0.39 is 5.54 Å². The van der Waals surface area contributed by atoms with Crippen LogP contribution >= 0.6 is 0 Å². The lowest BCUT2D eigenvalue weighted by Crippen LogP contribution is -2.62. The lowest BCUT2D eigenvalue weighted by molar-refractivity contribution is -0.136. The van der Waals surface area contributed by atoms with E-state index in [0.717, 1.165) is 30.0 Å². The van der Waals surface area contributed by atoms with Crippen molar-refractivity contribution in [3.8, 4) is 0 Å². The molecule has 0 radical (unpaired) electrons. The number of carbonyl (C=O) groups is 1. The van der Waals surface area contributed by atoms with Crippen LogP contribution in [0.2, 0.25) is 0 Å². The zero-order chi connectivity index (χ0) is 14.2. The van der Waals surface area contributed by atoms with E-state index in [1.54, 1.807) is 11.1 Å². The zero-order valence-electron chi connectivity index (χ0n) is 12.1. The molecular formula is C14H22N4O. The molecule has 1 saturated heterocycles. The fourth-order valence-corrected chi connectivity index (χ4v) is 2.60. The van der Waals surface area contributed by atoms with Gasteiger partial charge in [-0.15, -0.1) is 0 Å². The maximum absolute atomic E-state index is 12.3. The number of nitrogens with zero attached hydrogens (tertiary/aromatic N) is 3. The molecule has 1 aliphatic heterocycles. The Bertz CT molecular complexity index is 498. The first kappa shape index (κ1) is 13.8. The van der Waals surface area contributed by atoms with Gasteiger partial charge in [0.05, 0.1) is 0 Å². The zero-order valence-corrected chi connectivity index (χ0v) is 12.1. The van der Waals surface area contributed by atoms with Crippen molar-refractivity contribution in [3.63, 3.8) is 0 Å². The molecule has 0 spiro atoms. The minimum Gasteiger partial charge on any atom is -0.342 e. The summed E-state index contributed by atoms with van der Waals surface area (Å²) >= 11 is 0. The van der Waals surface area contributed by atoms with Gasteiger partial charge >= 0.3 is 0 Å². The van der Waals surface area contributed by atoms with E-state index in [1.807, 2.05) is 33.9 Å². The highest BCUT2D eigenvalue weighted by Gasteiger charge is 2.41. The Morgan fingerprint density at radius 3 is 2.68 bits per heavy atom. The van der Waals surface area contributed by atoms with Crippen molar-refractivity contribution in [2.75, 3.05) is 25.0 Å². The average molecular weight is 262 g/mol. The summed E-state index contributed by atoms with van der Waals surface area (Å²) in [6, 6.07) is 2.04. The van der Waals surface area contributed by atoms with E-state index in [4.69, 9.17) is 5.73 Å². The molecule has 0 saturated carbocycles. The van der Waals surface area contributed by atoms with Gasteiger partial charge in [-0.2, -0.15) is 0 Å². The van der Waals surface area contributed by atoms with Crippen LogP contribution in [0.5, 0.6) is 0 Å². The van der Waals surface area contributed by atoms with E-state index >= 15 is 0 Å². The molecule has 0 bridgehead atoms. The molecule has 1 aromatic heterocycles. The maximum atomic E-state index is 12.3. The van der Waals surface area contributed by atoms with Gasteiger partial charge in [0.2, 0.25) is 5.91 Å². The van der Waals surface area contributed by atoms with Crippen LogP contribution in [-0.2, 0) is 11.3 Å². The molecule has 0 aromatic carbocycles. The number of pyridine rings is 1. The third kappa shape index (κ3) is 2.30. The van der Waals surface area contributed by atoms with Crippen molar-refractivity contribution in [1.29, 1.82) is 0 Å². The van der Waals surface area contributed by atoms with Gasteiger partial charge in [0.25, 0.3) is 0 Å². The Balaban J connectivity index is 2.38. The highest BCUT2D eigenvalue weighted by molar-refractivity contribution is 5.90. The predicted molar refractivity (Wildman–Crippen MR) is 75.9 cm³/mol. The summed E-state index contributed by atoms with van der Waals surface area (Å²) < 4.78 is 0. The second-order valence-electron chi connectivity index (χ2n) is 5.63. The molecule has 2 rings (SSSR count). The fourth-order valence-electron chi connectivity index (χ4n) is 2.60. The SMILES string of the molecule is Cc1cc(CN)cnc1N1CCN(C)C(=O)C1(C)C. The molecule has 0 aliphatic carbocycles. The number of amides is 1. The lowest BCUT2D eigenvalue weighted by Gasteiger charge is -2.45. The van der Waals surface area contributed by atoms with E-state index in [1.165, 1.54) is 0 Å². The van der Waals surface area contributed by atoms with Crippen LogP contribution in [0.1, 0.15) is 25.0 Å². The maximum Gasteiger partial charge on any atom is 0.247 e. The summed E-state index contributed by atoms with van der Waals surface area (Å²) in [5.41, 5.74) is 7.14. The van der Waals surface area contributed by atoms with Crippen LogP contribution in [0, 0.1) is 6.92 Å². The fraction of sp³-hybridized carbons (Fsp3) is 0.571. The van der Waals surface area contributed by atoms with Gasteiger partial charge in [0, 0.05) is 32.9 Å². The van der Waals surface area contributed by atoms with E-state index in [0.29, 0.717) is 6.54 Å². The topological polar surface area (TPSA) is 62.5 Å². The van der Waals surface area contributed by atoms with Crippen LogP contribution in [0.4, 0.5) is 5.82 Å². The monoisotopic (exact) mass is 262 g/mol. The van der Waals surface area contributed by atoms with Crippen LogP contribution < -0.4 is 10.6 Å². The Morgan fingerprint density at radius 2 is 2.11 bits per heavy atom. The van der Waals surface area contributed by atoms with Gasteiger partial charge in [-0.3, -0.25) is 4.79 Å². The van der Waals surface area contributed by atoms with Gasteiger partial charge in [-0.05, 0) is 38.0 Å². The number of piperazine rings is 1. The summed E-state index contributed by atoms with van der Waals surface area (Å²) in [7, 11) is 1.85. The number of anilines is 1. The van der Waals surface area contributed by atoms with Crippen molar-refractivity contribution < 1.29 is 4.79 Å². The molecule has 0 unspecified atom stereocenters. The minimum atomic E-state index is -0.561. The van der Waals surface area contributed by atoms with E-state index in [-0.39, 0.29) is 5.91 Å². The second kappa shape index (κ2) is 4.81. The molecular weight excluding hydrogens is 240 g/mol. The Hall–Kier alpha value is -1.62. The molecule has 0 atom stereocenters.